The molecule has 14 heavy (non-hydrogen) atoms. The molecular weight excluding hydrogens is 281 g/mol. The number of nitrogen functional groups attached to an aromatic ring is 1. The number of pyridine rings is 1. The van der Waals surface area contributed by atoms with Crippen LogP contribution >= 0.6 is 27.5 Å². The van der Waals surface area contributed by atoms with Gasteiger partial charge in [-0.2, -0.15) is 0 Å². The lowest BCUT2D eigenvalue weighted by atomic mass is 10.2. The number of halogens is 4. The quantitative estimate of drug-likeness (QED) is 0.850. The summed E-state index contributed by atoms with van der Waals surface area (Å²) in [5.74, 6) is 0. The predicted octanol–water partition coefficient (Wildman–Crippen LogP) is 2.74. The van der Waals surface area contributed by atoms with E-state index < -0.39 is 17.4 Å². The van der Waals surface area contributed by atoms with Gasteiger partial charge in [-0.3, -0.25) is 9.78 Å². The number of carbonyl (C=O) groups excluding carboxylic acids is 1. The van der Waals surface area contributed by atoms with Gasteiger partial charge in [0.05, 0.1) is 15.7 Å². The Morgan fingerprint density at radius 3 is 2.64 bits per heavy atom. The number of alkyl halides is 2. The molecule has 2 N–H and O–H groups in total. The van der Waals surface area contributed by atoms with E-state index >= 15 is 0 Å². The van der Waals surface area contributed by atoms with Crippen LogP contribution < -0.4 is 5.73 Å². The Morgan fingerprint density at radius 1 is 1.64 bits per heavy atom. The van der Waals surface area contributed by atoms with E-state index in [1.54, 1.807) is 0 Å². The predicted molar refractivity (Wildman–Crippen MR) is 51.5 cm³/mol. The highest BCUT2D eigenvalue weighted by Crippen LogP contribution is 2.32. The lowest BCUT2D eigenvalue weighted by molar-refractivity contribution is 0.108. The summed E-state index contributed by atoms with van der Waals surface area (Å²) in [4.78, 5) is 14.1. The number of hydrogen-bond acceptors (Lipinski definition) is 3. The summed E-state index contributed by atoms with van der Waals surface area (Å²) in [5, 5.41) is -0.837. The third-order valence-electron chi connectivity index (χ3n) is 1.50. The molecule has 3 nitrogen and oxygen atoms in total. The van der Waals surface area contributed by atoms with E-state index in [1.165, 1.54) is 0 Å². The highest BCUT2D eigenvalue weighted by Gasteiger charge is 2.19. The molecule has 1 aromatic rings. The van der Waals surface area contributed by atoms with E-state index in [-0.39, 0.29) is 15.7 Å². The maximum atomic E-state index is 12.3. The second-order valence-corrected chi connectivity index (χ2v) is 3.50. The molecule has 0 bridgehead atoms. The van der Waals surface area contributed by atoms with Crippen LogP contribution in [-0.4, -0.2) is 10.2 Å². The molecule has 0 atom stereocenters. The van der Waals surface area contributed by atoms with Gasteiger partial charge in [0.25, 0.3) is 11.7 Å². The van der Waals surface area contributed by atoms with Crippen LogP contribution in [0, 0.1) is 0 Å². The average Bonchev–Trinajstić information content (AvgIpc) is 2.08. The summed E-state index contributed by atoms with van der Waals surface area (Å²) in [7, 11) is 0. The number of carbonyl (C=O) groups is 1. The van der Waals surface area contributed by atoms with Crippen LogP contribution in [0.1, 0.15) is 22.5 Å². The highest BCUT2D eigenvalue weighted by atomic mass is 79.9. The number of nitrogens with two attached hydrogens (primary N) is 1. The molecule has 0 radical (unpaired) electrons. The molecule has 0 aliphatic carbocycles. The first-order valence-electron chi connectivity index (χ1n) is 3.37. The summed E-state index contributed by atoms with van der Waals surface area (Å²) < 4.78 is 24.5. The Labute approximate surface area is 91.4 Å². The fraction of sp³-hybridized carbons (Fsp3) is 0.143. The summed E-state index contributed by atoms with van der Waals surface area (Å²) in [6.07, 6.45) is -1.83. The Morgan fingerprint density at radius 2 is 2.21 bits per heavy atom. The van der Waals surface area contributed by atoms with Gasteiger partial charge < -0.3 is 5.73 Å². The number of rotatable bonds is 2. The van der Waals surface area contributed by atoms with Crippen LogP contribution in [0.5, 0.6) is 0 Å². The number of anilines is 1. The first-order valence-corrected chi connectivity index (χ1v) is 4.54. The summed E-state index contributed by atoms with van der Waals surface area (Å²) in [6.45, 7) is 0. The minimum atomic E-state index is -2.76. The van der Waals surface area contributed by atoms with Gasteiger partial charge in [0.15, 0.2) is 0 Å². The van der Waals surface area contributed by atoms with Gasteiger partial charge in [0.1, 0.15) is 5.69 Å². The van der Waals surface area contributed by atoms with Crippen molar-refractivity contribution in [3.8, 4) is 0 Å². The zero-order chi connectivity index (χ0) is 10.9. The molecule has 7 heteroatoms. The van der Waals surface area contributed by atoms with Crippen molar-refractivity contribution in [2.45, 2.75) is 6.43 Å². The van der Waals surface area contributed by atoms with Crippen molar-refractivity contribution in [1.29, 1.82) is 0 Å². The molecule has 0 saturated carbocycles. The van der Waals surface area contributed by atoms with E-state index in [0.29, 0.717) is 0 Å². The lowest BCUT2D eigenvalue weighted by Crippen LogP contribution is -2.04. The minimum absolute atomic E-state index is 0.0945. The van der Waals surface area contributed by atoms with Gasteiger partial charge in [0, 0.05) is 6.20 Å². The van der Waals surface area contributed by atoms with E-state index in [9.17, 15) is 13.6 Å². The topological polar surface area (TPSA) is 56.0 Å². The Kier molecular flexibility index (Phi) is 3.38. The molecule has 1 rings (SSSR count). The van der Waals surface area contributed by atoms with Crippen LogP contribution in [0.25, 0.3) is 0 Å². The third kappa shape index (κ3) is 2.01. The summed E-state index contributed by atoms with van der Waals surface area (Å²) in [6, 6.07) is 0. The second-order valence-electron chi connectivity index (χ2n) is 2.36. The first kappa shape index (κ1) is 11.3. The van der Waals surface area contributed by atoms with E-state index in [1.807, 2.05) is 0 Å². The molecule has 0 aliphatic heterocycles. The Bertz CT molecular complexity index is 386. The monoisotopic (exact) mass is 284 g/mol. The average molecular weight is 285 g/mol. The molecule has 76 valence electrons. The van der Waals surface area contributed by atoms with Gasteiger partial charge in [0.2, 0.25) is 0 Å². The molecule has 0 unspecified atom stereocenters. The van der Waals surface area contributed by atoms with Crippen LogP contribution in [0.3, 0.4) is 0 Å². The molecule has 0 spiro atoms. The van der Waals surface area contributed by atoms with Gasteiger partial charge >= 0.3 is 0 Å². The maximum absolute atomic E-state index is 12.3. The minimum Gasteiger partial charge on any atom is -0.397 e. The summed E-state index contributed by atoms with van der Waals surface area (Å²) >= 11 is 7.97. The fourth-order valence-electron chi connectivity index (χ4n) is 0.825. The highest BCUT2D eigenvalue weighted by molar-refractivity contribution is 9.10. The van der Waals surface area contributed by atoms with Crippen molar-refractivity contribution in [2.75, 3.05) is 5.73 Å². The van der Waals surface area contributed by atoms with E-state index in [2.05, 4.69) is 20.9 Å². The van der Waals surface area contributed by atoms with Crippen molar-refractivity contribution in [1.82, 2.24) is 4.98 Å². The Balaban J connectivity index is 3.33. The van der Waals surface area contributed by atoms with Crippen molar-refractivity contribution in [2.24, 2.45) is 0 Å². The smallest absolute Gasteiger partial charge is 0.281 e. The largest absolute Gasteiger partial charge is 0.397 e. The normalized spacial score (nSPS) is 10.6. The zero-order valence-corrected chi connectivity index (χ0v) is 8.94. The number of hydrogen-bond donors (Lipinski definition) is 1. The van der Waals surface area contributed by atoms with E-state index in [0.717, 1.165) is 6.20 Å². The molecule has 0 amide bonds. The zero-order valence-electron chi connectivity index (χ0n) is 6.60. The van der Waals surface area contributed by atoms with Crippen LogP contribution in [0.2, 0.25) is 0 Å². The summed E-state index contributed by atoms with van der Waals surface area (Å²) in [5.41, 5.74) is 4.66. The van der Waals surface area contributed by atoms with Crippen molar-refractivity contribution >= 4 is 38.5 Å². The number of aromatic nitrogens is 1. The number of nitrogens with zero attached hydrogens (tertiary/aromatic N) is 1. The van der Waals surface area contributed by atoms with Crippen LogP contribution in [0.4, 0.5) is 14.5 Å². The molecule has 0 aromatic carbocycles. The standard InChI is InChI=1S/C7H4BrClF2N2O/c8-3-4(12)2(6(9)14)1-13-5(3)7(10)11/h1,7H,(H2,12,13). The molecule has 0 saturated heterocycles. The second kappa shape index (κ2) is 4.18. The van der Waals surface area contributed by atoms with E-state index in [4.69, 9.17) is 17.3 Å². The van der Waals surface area contributed by atoms with Crippen LogP contribution in [-0.2, 0) is 0 Å². The molecule has 1 aromatic heterocycles. The van der Waals surface area contributed by atoms with Crippen molar-refractivity contribution < 1.29 is 13.6 Å². The fourth-order valence-corrected chi connectivity index (χ4v) is 1.46. The van der Waals surface area contributed by atoms with Gasteiger partial charge in [-0.25, -0.2) is 8.78 Å². The molecule has 1 heterocycles. The molecular formula is C7H4BrClF2N2O. The van der Waals surface area contributed by atoms with Gasteiger partial charge in [-0.05, 0) is 27.5 Å². The lowest BCUT2D eigenvalue weighted by Gasteiger charge is -2.07. The first-order chi connectivity index (χ1) is 6.45. The maximum Gasteiger partial charge on any atom is 0.281 e. The van der Waals surface area contributed by atoms with Crippen LogP contribution in [0.15, 0.2) is 10.7 Å². The Hall–Kier alpha value is -0.750. The van der Waals surface area contributed by atoms with Gasteiger partial charge in [-0.15, -0.1) is 0 Å². The van der Waals surface area contributed by atoms with Crippen molar-refractivity contribution in [3.63, 3.8) is 0 Å². The van der Waals surface area contributed by atoms with Crippen molar-refractivity contribution in [3.05, 3.63) is 21.9 Å². The van der Waals surface area contributed by atoms with Gasteiger partial charge in [-0.1, -0.05) is 0 Å². The SMILES string of the molecule is Nc1c(C(=O)Cl)cnc(C(F)F)c1Br. The molecule has 0 fully saturated rings. The third-order valence-corrected chi connectivity index (χ3v) is 2.54. The molecule has 0 aliphatic rings.